The molecule has 1 fully saturated rings. The van der Waals surface area contributed by atoms with Crippen LogP contribution in [-0.4, -0.2) is 53.3 Å². The second kappa shape index (κ2) is 7.92. The Morgan fingerprint density at radius 2 is 1.75 bits per heavy atom. The van der Waals surface area contributed by atoms with Gasteiger partial charge in [0.2, 0.25) is 5.88 Å². The molecule has 0 aromatic carbocycles. The zero-order valence-electron chi connectivity index (χ0n) is 14.0. The van der Waals surface area contributed by atoms with E-state index in [0.717, 1.165) is 32.5 Å². The van der Waals surface area contributed by atoms with Gasteiger partial charge in [0.05, 0.1) is 26.6 Å². The highest BCUT2D eigenvalue weighted by Crippen LogP contribution is 2.19. The zero-order valence-corrected chi connectivity index (χ0v) is 14.0. The Morgan fingerprint density at radius 3 is 2.33 bits per heavy atom. The molecule has 2 aromatic rings. The highest BCUT2D eigenvalue weighted by molar-refractivity contribution is 5.17. The number of aromatic nitrogens is 3. The van der Waals surface area contributed by atoms with Crippen LogP contribution in [0.2, 0.25) is 0 Å². The summed E-state index contributed by atoms with van der Waals surface area (Å²) in [5, 5.41) is 0. The summed E-state index contributed by atoms with van der Waals surface area (Å²) < 4.78 is 16.0. The van der Waals surface area contributed by atoms with E-state index < -0.39 is 0 Å². The third kappa shape index (κ3) is 4.32. The predicted molar refractivity (Wildman–Crippen MR) is 88.3 cm³/mol. The second-order valence-electron chi connectivity index (χ2n) is 5.71. The van der Waals surface area contributed by atoms with E-state index in [-0.39, 0.29) is 6.10 Å². The van der Waals surface area contributed by atoms with E-state index in [1.165, 1.54) is 5.56 Å². The lowest BCUT2D eigenvalue weighted by Gasteiger charge is -2.31. The third-order valence-corrected chi connectivity index (χ3v) is 4.06. The van der Waals surface area contributed by atoms with Gasteiger partial charge in [-0.2, -0.15) is 9.97 Å². The molecule has 0 atom stereocenters. The van der Waals surface area contributed by atoms with Gasteiger partial charge >= 0.3 is 6.01 Å². The third-order valence-electron chi connectivity index (χ3n) is 4.06. The van der Waals surface area contributed by atoms with Crippen LogP contribution >= 0.6 is 0 Å². The van der Waals surface area contributed by atoms with Crippen molar-refractivity contribution in [2.45, 2.75) is 25.5 Å². The smallest absolute Gasteiger partial charge is 0.316 e. The topological polar surface area (TPSA) is 69.6 Å². The molecule has 0 bridgehead atoms. The average Bonchev–Trinajstić information content (AvgIpc) is 2.65. The first-order valence-corrected chi connectivity index (χ1v) is 8.01. The van der Waals surface area contributed by atoms with Gasteiger partial charge in [0.25, 0.3) is 0 Å². The number of nitrogens with zero attached hydrogens (tertiary/aromatic N) is 4. The van der Waals surface area contributed by atoms with Gasteiger partial charge in [0.1, 0.15) is 6.10 Å². The quantitative estimate of drug-likeness (QED) is 0.801. The Labute approximate surface area is 141 Å². The number of rotatable bonds is 6. The van der Waals surface area contributed by atoms with Gasteiger partial charge in [-0.15, -0.1) is 0 Å². The molecule has 24 heavy (non-hydrogen) atoms. The lowest BCUT2D eigenvalue weighted by atomic mass is 10.1. The van der Waals surface area contributed by atoms with Gasteiger partial charge in [-0.3, -0.25) is 4.90 Å². The first-order valence-electron chi connectivity index (χ1n) is 8.01. The Bertz CT molecular complexity index is 568. The molecule has 128 valence electrons. The van der Waals surface area contributed by atoms with E-state index in [0.29, 0.717) is 17.6 Å². The zero-order chi connectivity index (χ0) is 16.8. The Kier molecular flexibility index (Phi) is 5.43. The molecule has 1 aliphatic rings. The summed E-state index contributed by atoms with van der Waals surface area (Å²) in [5.74, 6) is 1.27. The molecule has 0 N–H and O–H groups in total. The standard InChI is InChI=1S/C17H22N4O3/c1-22-15-10-19-17(20-11-15)24-14-5-7-21(8-6-14)12-13-3-4-16(23-2)18-9-13/h3-4,9-11,14H,5-8,12H2,1-2H3. The number of ether oxygens (including phenoxy) is 3. The van der Waals surface area contributed by atoms with Crippen molar-refractivity contribution in [1.82, 2.24) is 19.9 Å². The molecule has 3 rings (SSSR count). The first-order chi connectivity index (χ1) is 11.8. The molecule has 1 aliphatic heterocycles. The minimum absolute atomic E-state index is 0.156. The minimum Gasteiger partial charge on any atom is -0.494 e. The van der Waals surface area contributed by atoms with Crippen LogP contribution in [0.5, 0.6) is 17.6 Å². The van der Waals surface area contributed by atoms with E-state index >= 15 is 0 Å². The van der Waals surface area contributed by atoms with Crippen molar-refractivity contribution in [3.05, 3.63) is 36.3 Å². The molecule has 7 heteroatoms. The van der Waals surface area contributed by atoms with Crippen molar-refractivity contribution in [2.75, 3.05) is 27.3 Å². The highest BCUT2D eigenvalue weighted by atomic mass is 16.5. The summed E-state index contributed by atoms with van der Waals surface area (Å²) in [6.45, 7) is 2.85. The monoisotopic (exact) mass is 330 g/mol. The normalized spacial score (nSPS) is 15.9. The minimum atomic E-state index is 0.156. The van der Waals surface area contributed by atoms with Crippen LogP contribution in [0.15, 0.2) is 30.7 Å². The van der Waals surface area contributed by atoms with Gasteiger partial charge in [0, 0.05) is 31.9 Å². The number of hydrogen-bond donors (Lipinski definition) is 0. The number of pyridine rings is 1. The van der Waals surface area contributed by atoms with Crippen molar-refractivity contribution in [1.29, 1.82) is 0 Å². The van der Waals surface area contributed by atoms with Crippen molar-refractivity contribution in [3.8, 4) is 17.6 Å². The van der Waals surface area contributed by atoms with E-state index in [2.05, 4.69) is 25.9 Å². The fourth-order valence-electron chi connectivity index (χ4n) is 2.69. The second-order valence-corrected chi connectivity index (χ2v) is 5.71. The predicted octanol–water partition coefficient (Wildman–Crippen LogP) is 1.93. The molecule has 0 radical (unpaired) electrons. The number of likely N-dealkylation sites (tertiary alicyclic amines) is 1. The molecular formula is C17H22N4O3. The summed E-state index contributed by atoms with van der Waals surface area (Å²) >= 11 is 0. The Hall–Kier alpha value is -2.41. The van der Waals surface area contributed by atoms with Crippen molar-refractivity contribution in [3.63, 3.8) is 0 Å². The molecule has 0 saturated carbocycles. The summed E-state index contributed by atoms with van der Waals surface area (Å²) in [5.41, 5.74) is 1.19. The van der Waals surface area contributed by atoms with Gasteiger partial charge in [-0.05, 0) is 18.4 Å². The number of piperidine rings is 1. The summed E-state index contributed by atoms with van der Waals surface area (Å²) in [6, 6.07) is 4.36. The number of hydrogen-bond acceptors (Lipinski definition) is 7. The first kappa shape index (κ1) is 16.4. The van der Waals surface area contributed by atoms with Crippen LogP contribution in [0.1, 0.15) is 18.4 Å². The molecule has 0 spiro atoms. The van der Waals surface area contributed by atoms with Gasteiger partial charge in [-0.1, -0.05) is 6.07 Å². The maximum Gasteiger partial charge on any atom is 0.316 e. The fourth-order valence-corrected chi connectivity index (χ4v) is 2.69. The maximum atomic E-state index is 5.85. The van der Waals surface area contributed by atoms with Crippen molar-refractivity contribution >= 4 is 0 Å². The fraction of sp³-hybridized carbons (Fsp3) is 0.471. The lowest BCUT2D eigenvalue weighted by Crippen LogP contribution is -2.38. The molecule has 2 aromatic heterocycles. The van der Waals surface area contributed by atoms with E-state index in [1.54, 1.807) is 26.6 Å². The Morgan fingerprint density at radius 1 is 1.00 bits per heavy atom. The van der Waals surface area contributed by atoms with Crippen LogP contribution in [0.3, 0.4) is 0 Å². The van der Waals surface area contributed by atoms with Gasteiger partial charge in [-0.25, -0.2) is 4.98 Å². The molecule has 0 aliphatic carbocycles. The Balaban J connectivity index is 1.46. The van der Waals surface area contributed by atoms with Crippen LogP contribution in [-0.2, 0) is 6.54 Å². The van der Waals surface area contributed by atoms with E-state index in [9.17, 15) is 0 Å². The number of methoxy groups -OCH3 is 2. The maximum absolute atomic E-state index is 5.85. The van der Waals surface area contributed by atoms with Crippen LogP contribution in [0, 0.1) is 0 Å². The lowest BCUT2D eigenvalue weighted by molar-refractivity contribution is 0.0890. The van der Waals surface area contributed by atoms with Crippen LogP contribution in [0.4, 0.5) is 0 Å². The largest absolute Gasteiger partial charge is 0.494 e. The summed E-state index contributed by atoms with van der Waals surface area (Å²) in [4.78, 5) is 15.0. The summed E-state index contributed by atoms with van der Waals surface area (Å²) in [7, 11) is 3.21. The van der Waals surface area contributed by atoms with Crippen LogP contribution < -0.4 is 14.2 Å². The summed E-state index contributed by atoms with van der Waals surface area (Å²) in [6.07, 6.45) is 7.18. The van der Waals surface area contributed by atoms with E-state index in [4.69, 9.17) is 14.2 Å². The molecule has 7 nitrogen and oxygen atoms in total. The van der Waals surface area contributed by atoms with Gasteiger partial charge < -0.3 is 14.2 Å². The van der Waals surface area contributed by atoms with Crippen molar-refractivity contribution in [2.24, 2.45) is 0 Å². The van der Waals surface area contributed by atoms with E-state index in [1.807, 2.05) is 12.3 Å². The van der Waals surface area contributed by atoms with Gasteiger partial charge in [0.15, 0.2) is 5.75 Å². The SMILES string of the molecule is COc1cnc(OC2CCN(Cc3ccc(OC)nc3)CC2)nc1. The molecule has 0 unspecified atom stereocenters. The molecule has 3 heterocycles. The molecule has 0 amide bonds. The van der Waals surface area contributed by atoms with Crippen molar-refractivity contribution < 1.29 is 14.2 Å². The average molecular weight is 330 g/mol. The molecule has 1 saturated heterocycles. The van der Waals surface area contributed by atoms with Crippen LogP contribution in [0.25, 0.3) is 0 Å². The molecular weight excluding hydrogens is 308 g/mol. The highest BCUT2D eigenvalue weighted by Gasteiger charge is 2.21.